The fraction of sp³-hybridized carbons (Fsp3) is 0.200. The maximum atomic E-state index is 2.17. The first-order chi connectivity index (χ1) is 5.77. The summed E-state index contributed by atoms with van der Waals surface area (Å²) >= 11 is 1.74. The summed E-state index contributed by atoms with van der Waals surface area (Å²) in [6.45, 7) is 2.11. The lowest BCUT2D eigenvalue weighted by Crippen LogP contribution is -1.94. The van der Waals surface area contributed by atoms with Crippen LogP contribution >= 0.6 is 11.5 Å². The van der Waals surface area contributed by atoms with Crippen LogP contribution in [-0.2, 0) is 7.05 Å². The van der Waals surface area contributed by atoms with Crippen molar-refractivity contribution in [3.8, 4) is 11.3 Å². The van der Waals surface area contributed by atoms with Crippen LogP contribution in [0.5, 0.6) is 0 Å². The highest BCUT2D eigenvalue weighted by atomic mass is 32.1. The molecule has 2 aromatic rings. The van der Waals surface area contributed by atoms with Crippen molar-refractivity contribution in [3.05, 3.63) is 35.2 Å². The van der Waals surface area contributed by atoms with Crippen LogP contribution in [0.3, 0.4) is 0 Å². The van der Waals surface area contributed by atoms with Gasteiger partial charge < -0.3 is 0 Å². The van der Waals surface area contributed by atoms with Crippen molar-refractivity contribution in [2.75, 3.05) is 0 Å². The molecule has 1 nitrogen and oxygen atoms in total. The zero-order valence-corrected chi connectivity index (χ0v) is 8.06. The lowest BCUT2D eigenvalue weighted by atomic mass is 10.1. The van der Waals surface area contributed by atoms with Gasteiger partial charge in [0.25, 0.3) is 0 Å². The first-order valence-electron chi connectivity index (χ1n) is 3.95. The summed E-state index contributed by atoms with van der Waals surface area (Å²) in [6, 6.07) is 8.62. The first-order valence-corrected chi connectivity index (χ1v) is 4.79. The van der Waals surface area contributed by atoms with E-state index >= 15 is 0 Å². The van der Waals surface area contributed by atoms with E-state index in [4.69, 9.17) is 0 Å². The summed E-state index contributed by atoms with van der Waals surface area (Å²) in [5, 5.41) is 2.17. The topological polar surface area (TPSA) is 4.93 Å². The molecule has 0 N–H and O–H groups in total. The fourth-order valence-corrected chi connectivity index (χ4v) is 1.85. The molecule has 0 unspecified atom stereocenters. The number of hydrogen-bond acceptors (Lipinski definition) is 1. The van der Waals surface area contributed by atoms with Gasteiger partial charge in [-0.05, 0) is 12.5 Å². The second kappa shape index (κ2) is 2.79. The maximum absolute atomic E-state index is 2.17. The van der Waals surface area contributed by atoms with E-state index in [2.05, 4.69) is 47.6 Å². The SMILES string of the molecule is Cc1ccc(-c2csn2C)cc1. The predicted molar refractivity (Wildman–Crippen MR) is 53.5 cm³/mol. The average Bonchev–Trinajstić information content (AvgIpc) is 2.06. The molecule has 0 atom stereocenters. The van der Waals surface area contributed by atoms with Crippen molar-refractivity contribution in [1.82, 2.24) is 3.96 Å². The van der Waals surface area contributed by atoms with Gasteiger partial charge >= 0.3 is 0 Å². The predicted octanol–water partition coefficient (Wildman–Crippen LogP) is 3.06. The molecule has 0 spiro atoms. The fourth-order valence-electron chi connectivity index (χ4n) is 1.18. The van der Waals surface area contributed by atoms with Crippen LogP contribution in [0, 0.1) is 6.92 Å². The van der Waals surface area contributed by atoms with Crippen molar-refractivity contribution in [2.45, 2.75) is 6.92 Å². The van der Waals surface area contributed by atoms with Gasteiger partial charge in [0.15, 0.2) is 0 Å². The zero-order chi connectivity index (χ0) is 8.55. The Morgan fingerprint density at radius 3 is 2.25 bits per heavy atom. The molecular weight excluding hydrogens is 166 g/mol. The van der Waals surface area contributed by atoms with Crippen LogP contribution in [0.1, 0.15) is 5.56 Å². The molecular formula is C10H11NS. The summed E-state index contributed by atoms with van der Waals surface area (Å²) < 4.78 is 2.17. The molecule has 0 aliphatic rings. The molecule has 12 heavy (non-hydrogen) atoms. The number of rotatable bonds is 1. The molecule has 0 saturated carbocycles. The Labute approximate surface area is 76.4 Å². The van der Waals surface area contributed by atoms with Crippen molar-refractivity contribution in [2.24, 2.45) is 7.05 Å². The lowest BCUT2D eigenvalue weighted by Gasteiger charge is -2.10. The maximum Gasteiger partial charge on any atom is 0.0690 e. The van der Waals surface area contributed by atoms with E-state index in [1.54, 1.807) is 11.5 Å². The molecule has 1 aromatic carbocycles. The third kappa shape index (κ3) is 1.18. The van der Waals surface area contributed by atoms with Gasteiger partial charge in [0.1, 0.15) is 0 Å². The monoisotopic (exact) mass is 177 g/mol. The molecule has 1 aromatic heterocycles. The van der Waals surface area contributed by atoms with Gasteiger partial charge in [-0.15, -0.1) is 0 Å². The van der Waals surface area contributed by atoms with E-state index in [0.717, 1.165) is 0 Å². The lowest BCUT2D eigenvalue weighted by molar-refractivity contribution is 1.02. The standard InChI is InChI=1S/C10H11NS/c1-8-3-5-9(6-4-8)10-7-12-11(10)2/h3-7H,1-2H3. The van der Waals surface area contributed by atoms with Crippen molar-refractivity contribution >= 4 is 11.5 Å². The van der Waals surface area contributed by atoms with Gasteiger partial charge in [-0.3, -0.25) is 3.96 Å². The molecule has 62 valence electrons. The van der Waals surface area contributed by atoms with Gasteiger partial charge in [0.05, 0.1) is 5.69 Å². The van der Waals surface area contributed by atoms with E-state index in [1.165, 1.54) is 16.8 Å². The number of aryl methyl sites for hydroxylation is 2. The Morgan fingerprint density at radius 2 is 1.83 bits per heavy atom. The second-order valence-electron chi connectivity index (χ2n) is 2.97. The van der Waals surface area contributed by atoms with Crippen LogP contribution in [0.25, 0.3) is 11.3 Å². The largest absolute Gasteiger partial charge is 0.300 e. The highest BCUT2D eigenvalue weighted by Crippen LogP contribution is 2.24. The highest BCUT2D eigenvalue weighted by molar-refractivity contribution is 7.06. The van der Waals surface area contributed by atoms with E-state index < -0.39 is 0 Å². The van der Waals surface area contributed by atoms with Gasteiger partial charge in [0, 0.05) is 12.4 Å². The Balaban J connectivity index is 2.39. The molecule has 0 aliphatic carbocycles. The Morgan fingerprint density at radius 1 is 1.17 bits per heavy atom. The quantitative estimate of drug-likeness (QED) is 0.631. The Kier molecular flexibility index (Phi) is 1.77. The summed E-state index contributed by atoms with van der Waals surface area (Å²) in [5.41, 5.74) is 3.94. The molecule has 2 rings (SSSR count). The Bertz CT molecular complexity index is 367. The van der Waals surface area contributed by atoms with E-state index in [0.29, 0.717) is 0 Å². The average molecular weight is 177 g/mol. The third-order valence-electron chi connectivity index (χ3n) is 2.01. The molecule has 0 fully saturated rings. The third-order valence-corrected chi connectivity index (χ3v) is 2.85. The minimum absolute atomic E-state index is 1.31. The molecule has 0 radical (unpaired) electrons. The van der Waals surface area contributed by atoms with Crippen LogP contribution in [-0.4, -0.2) is 3.96 Å². The molecule has 0 saturated heterocycles. The van der Waals surface area contributed by atoms with E-state index in [9.17, 15) is 0 Å². The van der Waals surface area contributed by atoms with E-state index in [-0.39, 0.29) is 0 Å². The van der Waals surface area contributed by atoms with Gasteiger partial charge in [-0.1, -0.05) is 41.4 Å². The Hall–Kier alpha value is -1.02. The summed E-state index contributed by atoms with van der Waals surface area (Å²) in [7, 11) is 2.08. The van der Waals surface area contributed by atoms with Crippen molar-refractivity contribution in [3.63, 3.8) is 0 Å². The summed E-state index contributed by atoms with van der Waals surface area (Å²) in [4.78, 5) is 0. The van der Waals surface area contributed by atoms with E-state index in [1.807, 2.05) is 0 Å². The molecule has 0 aliphatic heterocycles. The number of aromatic nitrogens is 1. The van der Waals surface area contributed by atoms with Gasteiger partial charge in [-0.25, -0.2) is 0 Å². The van der Waals surface area contributed by atoms with Crippen LogP contribution in [0.15, 0.2) is 29.6 Å². The van der Waals surface area contributed by atoms with Gasteiger partial charge in [-0.2, -0.15) is 0 Å². The van der Waals surface area contributed by atoms with Gasteiger partial charge in [0.2, 0.25) is 0 Å². The normalized spacial score (nSPS) is 10.5. The summed E-state index contributed by atoms with van der Waals surface area (Å²) in [6.07, 6.45) is 0. The van der Waals surface area contributed by atoms with Crippen LogP contribution < -0.4 is 0 Å². The summed E-state index contributed by atoms with van der Waals surface area (Å²) in [5.74, 6) is 0. The van der Waals surface area contributed by atoms with Crippen molar-refractivity contribution in [1.29, 1.82) is 0 Å². The molecule has 0 bridgehead atoms. The molecule has 0 amide bonds. The number of hydrogen-bond donors (Lipinski definition) is 0. The second-order valence-corrected chi connectivity index (χ2v) is 3.97. The first kappa shape index (κ1) is 7.62. The molecule has 2 heteroatoms. The van der Waals surface area contributed by atoms with Crippen molar-refractivity contribution < 1.29 is 0 Å². The molecule has 1 heterocycles. The zero-order valence-electron chi connectivity index (χ0n) is 7.24. The smallest absolute Gasteiger partial charge is 0.0690 e. The highest BCUT2D eigenvalue weighted by Gasteiger charge is 2.02. The number of nitrogens with zero attached hydrogens (tertiary/aromatic N) is 1. The minimum Gasteiger partial charge on any atom is -0.300 e. The van der Waals surface area contributed by atoms with Crippen LogP contribution in [0.4, 0.5) is 0 Å². The number of benzene rings is 1. The minimum atomic E-state index is 1.31. The van der Waals surface area contributed by atoms with Crippen LogP contribution in [0.2, 0.25) is 0 Å².